The van der Waals surface area contributed by atoms with E-state index >= 15 is 0 Å². The number of carbonyl (C=O) groups excluding carboxylic acids is 2. The van der Waals surface area contributed by atoms with Gasteiger partial charge in [-0.3, -0.25) is 14.5 Å². The SMILES string of the molecule is O=C(NCCN1CCN(C(=O)/C=C/c2ccccc2)CC1)c1ccc(F)cc1. The van der Waals surface area contributed by atoms with Gasteiger partial charge in [-0.05, 0) is 35.9 Å². The maximum atomic E-state index is 12.9. The lowest BCUT2D eigenvalue weighted by molar-refractivity contribution is -0.127. The Hall–Kier alpha value is -2.99. The summed E-state index contributed by atoms with van der Waals surface area (Å²) in [4.78, 5) is 28.4. The molecule has 0 aromatic heterocycles. The van der Waals surface area contributed by atoms with Crippen LogP contribution in [-0.2, 0) is 4.79 Å². The molecule has 2 aromatic rings. The van der Waals surface area contributed by atoms with E-state index in [0.717, 1.165) is 25.2 Å². The van der Waals surface area contributed by atoms with Crippen molar-refractivity contribution in [3.05, 3.63) is 77.6 Å². The molecule has 1 aliphatic rings. The van der Waals surface area contributed by atoms with Crippen molar-refractivity contribution in [2.24, 2.45) is 0 Å². The summed E-state index contributed by atoms with van der Waals surface area (Å²) in [6.45, 7) is 4.12. The maximum absolute atomic E-state index is 12.9. The largest absolute Gasteiger partial charge is 0.351 e. The second kappa shape index (κ2) is 9.80. The quantitative estimate of drug-likeness (QED) is 0.782. The van der Waals surface area contributed by atoms with Crippen LogP contribution in [0.3, 0.4) is 0 Å². The van der Waals surface area contributed by atoms with E-state index in [0.29, 0.717) is 25.2 Å². The number of hydrogen-bond donors (Lipinski definition) is 1. The van der Waals surface area contributed by atoms with Crippen LogP contribution in [0.1, 0.15) is 15.9 Å². The number of carbonyl (C=O) groups is 2. The fraction of sp³-hybridized carbons (Fsp3) is 0.273. The molecular formula is C22H24FN3O2. The van der Waals surface area contributed by atoms with Crippen LogP contribution in [0, 0.1) is 5.82 Å². The average Bonchev–Trinajstić information content (AvgIpc) is 2.73. The third kappa shape index (κ3) is 5.76. The van der Waals surface area contributed by atoms with Crippen molar-refractivity contribution in [3.63, 3.8) is 0 Å². The van der Waals surface area contributed by atoms with Crippen molar-refractivity contribution < 1.29 is 14.0 Å². The van der Waals surface area contributed by atoms with Gasteiger partial charge in [-0.1, -0.05) is 30.3 Å². The van der Waals surface area contributed by atoms with Gasteiger partial charge >= 0.3 is 0 Å². The molecule has 0 atom stereocenters. The topological polar surface area (TPSA) is 52.7 Å². The molecule has 0 spiro atoms. The van der Waals surface area contributed by atoms with Crippen molar-refractivity contribution in [1.82, 2.24) is 15.1 Å². The Balaban J connectivity index is 1.37. The molecular weight excluding hydrogens is 357 g/mol. The summed E-state index contributed by atoms with van der Waals surface area (Å²) in [5.41, 5.74) is 1.45. The summed E-state index contributed by atoms with van der Waals surface area (Å²) < 4.78 is 12.9. The van der Waals surface area contributed by atoms with Gasteiger partial charge < -0.3 is 10.2 Å². The van der Waals surface area contributed by atoms with Crippen molar-refractivity contribution in [3.8, 4) is 0 Å². The average molecular weight is 381 g/mol. The fourth-order valence-electron chi connectivity index (χ4n) is 3.06. The number of nitrogens with one attached hydrogen (secondary N) is 1. The molecule has 1 heterocycles. The van der Waals surface area contributed by atoms with E-state index < -0.39 is 0 Å². The number of nitrogens with zero attached hydrogens (tertiary/aromatic N) is 2. The molecule has 2 amide bonds. The van der Waals surface area contributed by atoms with Crippen LogP contribution in [0.15, 0.2) is 60.7 Å². The fourth-order valence-corrected chi connectivity index (χ4v) is 3.06. The van der Waals surface area contributed by atoms with E-state index in [1.54, 1.807) is 6.08 Å². The van der Waals surface area contributed by atoms with Crippen LogP contribution in [0.2, 0.25) is 0 Å². The number of hydrogen-bond acceptors (Lipinski definition) is 3. The lowest BCUT2D eigenvalue weighted by atomic mass is 10.2. The Morgan fingerprint density at radius 2 is 1.64 bits per heavy atom. The van der Waals surface area contributed by atoms with Crippen molar-refractivity contribution >= 4 is 17.9 Å². The van der Waals surface area contributed by atoms with E-state index in [1.807, 2.05) is 41.3 Å². The molecule has 1 saturated heterocycles. The van der Waals surface area contributed by atoms with Crippen LogP contribution in [0.25, 0.3) is 6.08 Å². The Labute approximate surface area is 164 Å². The zero-order chi connectivity index (χ0) is 19.8. The smallest absolute Gasteiger partial charge is 0.251 e. The van der Waals surface area contributed by atoms with Gasteiger partial charge in [0, 0.05) is 50.9 Å². The van der Waals surface area contributed by atoms with Crippen LogP contribution >= 0.6 is 0 Å². The number of amides is 2. The van der Waals surface area contributed by atoms with Gasteiger partial charge in [0.25, 0.3) is 5.91 Å². The standard InChI is InChI=1S/C22H24FN3O2/c23-20-9-7-19(8-10-20)22(28)24-12-13-25-14-16-26(17-15-25)21(27)11-6-18-4-2-1-3-5-18/h1-11H,12-17H2,(H,24,28)/b11-6+. The Morgan fingerprint density at radius 1 is 0.964 bits per heavy atom. The van der Waals surface area contributed by atoms with E-state index in [9.17, 15) is 14.0 Å². The summed E-state index contributed by atoms with van der Waals surface area (Å²) >= 11 is 0. The molecule has 0 aliphatic carbocycles. The van der Waals surface area contributed by atoms with E-state index in [4.69, 9.17) is 0 Å². The molecule has 3 rings (SSSR count). The summed E-state index contributed by atoms with van der Waals surface area (Å²) in [5, 5.41) is 2.84. The van der Waals surface area contributed by atoms with Crippen molar-refractivity contribution in [2.75, 3.05) is 39.3 Å². The van der Waals surface area contributed by atoms with Gasteiger partial charge in [-0.2, -0.15) is 0 Å². The molecule has 2 aromatic carbocycles. The van der Waals surface area contributed by atoms with E-state index in [-0.39, 0.29) is 17.6 Å². The molecule has 6 heteroatoms. The summed E-state index contributed by atoms with van der Waals surface area (Å²) in [5.74, 6) is -0.546. The van der Waals surface area contributed by atoms with E-state index in [2.05, 4.69) is 10.2 Å². The molecule has 1 fully saturated rings. The first kappa shape index (κ1) is 19.8. The number of rotatable bonds is 6. The Morgan fingerprint density at radius 3 is 2.32 bits per heavy atom. The second-order valence-electron chi connectivity index (χ2n) is 6.67. The molecule has 1 aliphatic heterocycles. The van der Waals surface area contributed by atoms with Gasteiger partial charge in [0.15, 0.2) is 0 Å². The predicted molar refractivity (Wildman–Crippen MR) is 107 cm³/mol. The van der Waals surface area contributed by atoms with Gasteiger partial charge in [-0.15, -0.1) is 0 Å². The predicted octanol–water partition coefficient (Wildman–Crippen LogP) is 2.41. The number of halogens is 1. The van der Waals surface area contributed by atoms with Crippen LogP contribution in [0.4, 0.5) is 4.39 Å². The monoisotopic (exact) mass is 381 g/mol. The zero-order valence-corrected chi connectivity index (χ0v) is 15.7. The van der Waals surface area contributed by atoms with Crippen molar-refractivity contribution in [1.29, 1.82) is 0 Å². The highest BCUT2D eigenvalue weighted by Gasteiger charge is 2.19. The van der Waals surface area contributed by atoms with Gasteiger partial charge in [0.1, 0.15) is 5.82 Å². The molecule has 0 saturated carbocycles. The molecule has 1 N–H and O–H groups in total. The lowest BCUT2D eigenvalue weighted by Gasteiger charge is -2.34. The summed E-state index contributed by atoms with van der Waals surface area (Å²) in [6.07, 6.45) is 3.45. The minimum atomic E-state index is -0.359. The van der Waals surface area contributed by atoms with Gasteiger partial charge in [0.2, 0.25) is 5.91 Å². The molecule has 146 valence electrons. The van der Waals surface area contributed by atoms with Crippen molar-refractivity contribution in [2.45, 2.75) is 0 Å². The zero-order valence-electron chi connectivity index (χ0n) is 15.7. The Bertz CT molecular complexity index is 813. The molecule has 28 heavy (non-hydrogen) atoms. The maximum Gasteiger partial charge on any atom is 0.251 e. The van der Waals surface area contributed by atoms with Crippen LogP contribution in [-0.4, -0.2) is 60.9 Å². The highest BCUT2D eigenvalue weighted by molar-refractivity contribution is 5.94. The number of piperazine rings is 1. The summed E-state index contributed by atoms with van der Waals surface area (Å²) in [6, 6.07) is 15.2. The highest BCUT2D eigenvalue weighted by Crippen LogP contribution is 2.06. The van der Waals surface area contributed by atoms with Crippen LogP contribution in [0.5, 0.6) is 0 Å². The first-order valence-electron chi connectivity index (χ1n) is 9.40. The Kier molecular flexibility index (Phi) is 6.92. The van der Waals surface area contributed by atoms with Gasteiger partial charge in [0.05, 0.1) is 0 Å². The second-order valence-corrected chi connectivity index (χ2v) is 6.67. The molecule has 5 nitrogen and oxygen atoms in total. The minimum Gasteiger partial charge on any atom is -0.351 e. The minimum absolute atomic E-state index is 0.0214. The third-order valence-electron chi connectivity index (χ3n) is 4.72. The first-order chi connectivity index (χ1) is 13.6. The first-order valence-corrected chi connectivity index (χ1v) is 9.40. The highest BCUT2D eigenvalue weighted by atomic mass is 19.1. The molecule has 0 radical (unpaired) electrons. The van der Waals surface area contributed by atoms with E-state index in [1.165, 1.54) is 24.3 Å². The van der Waals surface area contributed by atoms with Gasteiger partial charge in [-0.25, -0.2) is 4.39 Å². The lowest BCUT2D eigenvalue weighted by Crippen LogP contribution is -2.49. The normalized spacial score (nSPS) is 15.0. The van der Waals surface area contributed by atoms with Crippen LogP contribution < -0.4 is 5.32 Å². The molecule has 0 unspecified atom stereocenters. The number of benzene rings is 2. The third-order valence-corrected chi connectivity index (χ3v) is 4.72. The molecule has 0 bridgehead atoms. The summed E-state index contributed by atoms with van der Waals surface area (Å²) in [7, 11) is 0.